The lowest BCUT2D eigenvalue weighted by atomic mass is 10.3. The van der Waals surface area contributed by atoms with E-state index in [1.165, 1.54) is 0 Å². The third kappa shape index (κ3) is 3.86. The van der Waals surface area contributed by atoms with Gasteiger partial charge in [0.25, 0.3) is 0 Å². The van der Waals surface area contributed by atoms with Gasteiger partial charge in [0.15, 0.2) is 5.16 Å². The number of aryl methyl sites for hydroxylation is 1. The second-order valence-corrected chi connectivity index (χ2v) is 7.93. The molecule has 138 valence electrons. The van der Waals surface area contributed by atoms with Gasteiger partial charge in [0.2, 0.25) is 11.9 Å². The number of benzene rings is 1. The summed E-state index contributed by atoms with van der Waals surface area (Å²) in [5, 5.41) is 1.58. The minimum Gasteiger partial charge on any atom is -0.368 e. The number of fused-ring (bicyclic) bond motifs is 1. The Balaban J connectivity index is 1.96. The number of nitrogen functional groups attached to an aromatic ring is 1. The van der Waals surface area contributed by atoms with Crippen LogP contribution in [0.15, 0.2) is 23.4 Å². The molecule has 0 saturated carbocycles. The highest BCUT2D eigenvalue weighted by molar-refractivity contribution is 7.99. The van der Waals surface area contributed by atoms with Crippen molar-refractivity contribution in [2.24, 2.45) is 0 Å². The van der Waals surface area contributed by atoms with Crippen molar-refractivity contribution in [3.05, 3.63) is 29.0 Å². The first-order chi connectivity index (χ1) is 12.4. The first-order valence-corrected chi connectivity index (χ1v) is 9.66. The molecule has 3 rings (SSSR count). The minimum absolute atomic E-state index is 0.0260. The van der Waals surface area contributed by atoms with Crippen LogP contribution in [0.2, 0.25) is 5.02 Å². The number of aromatic nitrogens is 5. The Morgan fingerprint density at radius 3 is 2.69 bits per heavy atom. The maximum Gasteiger partial charge on any atom is 0.229 e. The van der Waals surface area contributed by atoms with Gasteiger partial charge in [-0.2, -0.15) is 15.0 Å². The van der Waals surface area contributed by atoms with Crippen molar-refractivity contribution < 1.29 is 0 Å². The van der Waals surface area contributed by atoms with E-state index in [0.29, 0.717) is 16.8 Å². The lowest BCUT2D eigenvalue weighted by molar-refractivity contribution is 0.637. The first kappa shape index (κ1) is 18.7. The summed E-state index contributed by atoms with van der Waals surface area (Å²) in [5.74, 6) is 1.41. The largest absolute Gasteiger partial charge is 0.368 e. The van der Waals surface area contributed by atoms with Crippen LogP contribution in [0.3, 0.4) is 0 Å². The Morgan fingerprint density at radius 2 is 2.00 bits per heavy atom. The Hall–Kier alpha value is -2.06. The van der Waals surface area contributed by atoms with E-state index in [4.69, 9.17) is 22.3 Å². The molecule has 0 aliphatic rings. The van der Waals surface area contributed by atoms with E-state index in [1.807, 2.05) is 44.1 Å². The highest BCUT2D eigenvalue weighted by Crippen LogP contribution is 2.35. The molecule has 7 nitrogen and oxygen atoms in total. The van der Waals surface area contributed by atoms with Crippen LogP contribution in [0, 0.1) is 0 Å². The van der Waals surface area contributed by atoms with E-state index in [0.717, 1.165) is 29.2 Å². The fourth-order valence-corrected chi connectivity index (χ4v) is 3.76. The molecule has 0 spiro atoms. The van der Waals surface area contributed by atoms with E-state index in [1.54, 1.807) is 11.8 Å². The molecule has 2 heterocycles. The molecule has 1 unspecified atom stereocenters. The average molecular weight is 392 g/mol. The Kier molecular flexibility index (Phi) is 5.52. The van der Waals surface area contributed by atoms with Gasteiger partial charge in [0.1, 0.15) is 5.82 Å². The zero-order chi connectivity index (χ0) is 18.8. The molecule has 2 N–H and O–H groups in total. The summed E-state index contributed by atoms with van der Waals surface area (Å²) in [4.78, 5) is 19.6. The van der Waals surface area contributed by atoms with Crippen LogP contribution in [0.25, 0.3) is 11.0 Å². The van der Waals surface area contributed by atoms with Crippen molar-refractivity contribution in [3.8, 4) is 0 Å². The minimum atomic E-state index is -0.0260. The van der Waals surface area contributed by atoms with Gasteiger partial charge in [-0.05, 0) is 31.5 Å². The van der Waals surface area contributed by atoms with Crippen LogP contribution in [0.1, 0.15) is 31.3 Å². The lowest BCUT2D eigenvalue weighted by Gasteiger charge is -2.15. The summed E-state index contributed by atoms with van der Waals surface area (Å²) < 4.78 is 2.21. The first-order valence-electron chi connectivity index (χ1n) is 8.40. The van der Waals surface area contributed by atoms with Gasteiger partial charge in [-0.25, -0.2) is 4.98 Å². The molecule has 0 bridgehead atoms. The van der Waals surface area contributed by atoms with E-state index in [2.05, 4.69) is 26.4 Å². The van der Waals surface area contributed by atoms with Crippen LogP contribution >= 0.6 is 23.4 Å². The van der Waals surface area contributed by atoms with Crippen molar-refractivity contribution in [2.45, 2.75) is 37.2 Å². The molecule has 0 radical (unpaired) electrons. The van der Waals surface area contributed by atoms with Gasteiger partial charge in [0, 0.05) is 25.7 Å². The summed E-state index contributed by atoms with van der Waals surface area (Å²) in [5.41, 5.74) is 7.82. The predicted octanol–water partition coefficient (Wildman–Crippen LogP) is 3.79. The average Bonchev–Trinajstić information content (AvgIpc) is 2.91. The molecule has 0 aliphatic carbocycles. The second-order valence-electron chi connectivity index (χ2n) is 6.19. The number of halogens is 1. The van der Waals surface area contributed by atoms with Crippen LogP contribution in [-0.4, -0.2) is 38.6 Å². The van der Waals surface area contributed by atoms with Crippen molar-refractivity contribution >= 4 is 46.3 Å². The third-order valence-electron chi connectivity index (χ3n) is 3.83. The highest BCUT2D eigenvalue weighted by atomic mass is 35.5. The number of nitrogens with zero attached hydrogens (tertiary/aromatic N) is 6. The van der Waals surface area contributed by atoms with Crippen LogP contribution < -0.4 is 10.6 Å². The summed E-state index contributed by atoms with van der Waals surface area (Å²) in [6, 6.07) is 5.80. The Bertz CT molecular complexity index is 925. The van der Waals surface area contributed by atoms with Crippen molar-refractivity contribution in [2.75, 3.05) is 24.7 Å². The Morgan fingerprint density at radius 1 is 1.23 bits per heavy atom. The van der Waals surface area contributed by atoms with Gasteiger partial charge >= 0.3 is 0 Å². The number of hydrogen-bond acceptors (Lipinski definition) is 7. The van der Waals surface area contributed by atoms with Gasteiger partial charge in [-0.1, -0.05) is 30.3 Å². The van der Waals surface area contributed by atoms with Crippen LogP contribution in [0.5, 0.6) is 0 Å². The molecule has 3 aromatic rings. The van der Waals surface area contributed by atoms with Gasteiger partial charge < -0.3 is 15.2 Å². The summed E-state index contributed by atoms with van der Waals surface area (Å²) >= 11 is 7.73. The standard InChI is InChI=1S/C17H22ClN7S/c1-5-8-25-13-7-6-11(18)9-12(13)20-17(25)26-10(2)14-21-15(19)23-16(22-14)24(3)4/h6-7,9-10H,5,8H2,1-4H3,(H2,19,21,22,23). The van der Waals surface area contributed by atoms with E-state index < -0.39 is 0 Å². The molecule has 2 aromatic heterocycles. The summed E-state index contributed by atoms with van der Waals surface area (Å²) in [7, 11) is 3.75. The molecule has 0 fully saturated rings. The predicted molar refractivity (Wildman–Crippen MR) is 108 cm³/mol. The van der Waals surface area contributed by atoms with E-state index in [9.17, 15) is 0 Å². The summed E-state index contributed by atoms with van der Waals surface area (Å²) in [6.45, 7) is 5.08. The van der Waals surface area contributed by atoms with Gasteiger partial charge in [0.05, 0.1) is 16.3 Å². The number of nitrogens with two attached hydrogens (primary N) is 1. The number of anilines is 2. The van der Waals surface area contributed by atoms with Crippen LogP contribution in [-0.2, 0) is 6.54 Å². The van der Waals surface area contributed by atoms with Crippen LogP contribution in [0.4, 0.5) is 11.9 Å². The quantitative estimate of drug-likeness (QED) is 0.639. The molecule has 0 saturated heterocycles. The van der Waals surface area contributed by atoms with E-state index >= 15 is 0 Å². The number of imidazole rings is 1. The highest BCUT2D eigenvalue weighted by Gasteiger charge is 2.19. The molecular formula is C17H22ClN7S. The fourth-order valence-electron chi connectivity index (χ4n) is 2.60. The molecule has 1 atom stereocenters. The Labute approximate surface area is 162 Å². The maximum atomic E-state index is 6.12. The van der Waals surface area contributed by atoms with E-state index in [-0.39, 0.29) is 11.2 Å². The smallest absolute Gasteiger partial charge is 0.229 e. The molecule has 0 aliphatic heterocycles. The number of hydrogen-bond donors (Lipinski definition) is 1. The SMILES string of the molecule is CCCn1c(SC(C)c2nc(N)nc(N(C)C)n2)nc2cc(Cl)ccc21. The lowest BCUT2D eigenvalue weighted by Crippen LogP contribution is -2.16. The molecule has 1 aromatic carbocycles. The third-order valence-corrected chi connectivity index (χ3v) is 5.15. The summed E-state index contributed by atoms with van der Waals surface area (Å²) in [6.07, 6.45) is 1.01. The topological polar surface area (TPSA) is 85.8 Å². The molecular weight excluding hydrogens is 370 g/mol. The molecule has 9 heteroatoms. The fraction of sp³-hybridized carbons (Fsp3) is 0.412. The zero-order valence-electron chi connectivity index (χ0n) is 15.3. The zero-order valence-corrected chi connectivity index (χ0v) is 16.8. The van der Waals surface area contributed by atoms with Gasteiger partial charge in [-0.15, -0.1) is 0 Å². The molecule has 26 heavy (non-hydrogen) atoms. The molecule has 0 amide bonds. The normalized spacial score (nSPS) is 12.5. The number of thioether (sulfide) groups is 1. The van der Waals surface area contributed by atoms with Crippen molar-refractivity contribution in [3.63, 3.8) is 0 Å². The van der Waals surface area contributed by atoms with Crippen molar-refractivity contribution in [1.82, 2.24) is 24.5 Å². The number of rotatable bonds is 6. The van der Waals surface area contributed by atoms with Gasteiger partial charge in [-0.3, -0.25) is 0 Å². The second kappa shape index (κ2) is 7.67. The van der Waals surface area contributed by atoms with Crippen molar-refractivity contribution in [1.29, 1.82) is 0 Å². The maximum absolute atomic E-state index is 6.12. The monoisotopic (exact) mass is 391 g/mol.